The Labute approximate surface area is 177 Å². The Kier molecular flexibility index (Phi) is 5.38. The van der Waals surface area contributed by atoms with Crippen LogP contribution in [0.2, 0.25) is 10.0 Å². The van der Waals surface area contributed by atoms with Gasteiger partial charge < -0.3 is 4.74 Å². The van der Waals surface area contributed by atoms with Crippen molar-refractivity contribution in [3.8, 4) is 0 Å². The summed E-state index contributed by atoms with van der Waals surface area (Å²) in [6.45, 7) is 3.78. The number of halogens is 2. The second-order valence-corrected chi connectivity index (χ2v) is 7.66. The molecule has 2 aromatic rings. The first-order valence-corrected chi connectivity index (χ1v) is 9.74. The van der Waals surface area contributed by atoms with Crippen molar-refractivity contribution in [2.45, 2.75) is 32.5 Å². The van der Waals surface area contributed by atoms with Crippen molar-refractivity contribution in [2.24, 2.45) is 11.0 Å². The summed E-state index contributed by atoms with van der Waals surface area (Å²) in [6.07, 6.45) is 5.22. The van der Waals surface area contributed by atoms with E-state index < -0.39 is 12.1 Å². The third-order valence-electron chi connectivity index (χ3n) is 4.90. The fourth-order valence-corrected chi connectivity index (χ4v) is 4.07. The standard InChI is InChI=1S/C19H18Cl2N6O2/c1-10-13-7-6-12(18(29-11(2)28)19-22-25-26-23-19)8-17(13)27(24-10)9-14-15(20)4-3-5-16(14)21/h3-8,13,17-18H,9H2,1-2H3,(H,22,23,25,26). The molecule has 0 saturated heterocycles. The number of ether oxygens (including phenoxy) is 1. The smallest absolute Gasteiger partial charge is 0.303 e. The summed E-state index contributed by atoms with van der Waals surface area (Å²) in [4.78, 5) is 11.6. The van der Waals surface area contributed by atoms with E-state index in [2.05, 4.69) is 20.6 Å². The van der Waals surface area contributed by atoms with Crippen LogP contribution in [0, 0.1) is 5.92 Å². The molecule has 1 aliphatic heterocycles. The molecule has 3 unspecified atom stereocenters. The van der Waals surface area contributed by atoms with Gasteiger partial charge in [0.1, 0.15) is 0 Å². The predicted octanol–water partition coefficient (Wildman–Crippen LogP) is 3.48. The van der Waals surface area contributed by atoms with E-state index in [1.54, 1.807) is 0 Å². The quantitative estimate of drug-likeness (QED) is 0.726. The molecular formula is C19H18Cl2N6O2. The maximum absolute atomic E-state index is 11.6. The summed E-state index contributed by atoms with van der Waals surface area (Å²) < 4.78 is 5.46. The van der Waals surface area contributed by atoms with Crippen molar-refractivity contribution in [3.05, 3.63) is 63.4 Å². The number of rotatable bonds is 5. The van der Waals surface area contributed by atoms with Crippen molar-refractivity contribution >= 4 is 34.9 Å². The van der Waals surface area contributed by atoms with E-state index in [4.69, 9.17) is 33.0 Å². The number of H-pyrrole nitrogens is 1. The van der Waals surface area contributed by atoms with E-state index in [1.807, 2.05) is 48.4 Å². The number of aromatic amines is 1. The number of aromatic nitrogens is 4. The molecule has 2 heterocycles. The van der Waals surface area contributed by atoms with Crippen molar-refractivity contribution < 1.29 is 9.53 Å². The molecule has 3 atom stereocenters. The van der Waals surface area contributed by atoms with Crippen molar-refractivity contribution in [2.75, 3.05) is 0 Å². The summed E-state index contributed by atoms with van der Waals surface area (Å²) in [5.41, 5.74) is 2.54. The molecule has 8 nitrogen and oxygen atoms in total. The number of nitrogens with one attached hydrogen (secondary N) is 1. The number of hydrazone groups is 1. The highest BCUT2D eigenvalue weighted by atomic mass is 35.5. The third kappa shape index (κ3) is 3.90. The lowest BCUT2D eigenvalue weighted by molar-refractivity contribution is -0.145. The summed E-state index contributed by atoms with van der Waals surface area (Å²) in [7, 11) is 0. The second kappa shape index (κ2) is 7.96. The van der Waals surface area contributed by atoms with Gasteiger partial charge in [0.05, 0.1) is 12.6 Å². The molecule has 29 heavy (non-hydrogen) atoms. The van der Waals surface area contributed by atoms with Crippen LogP contribution in [0.15, 0.2) is 47.1 Å². The fourth-order valence-electron chi connectivity index (χ4n) is 3.56. The van der Waals surface area contributed by atoms with Gasteiger partial charge in [-0.05, 0) is 24.6 Å². The van der Waals surface area contributed by atoms with Gasteiger partial charge in [0.15, 0.2) is 6.10 Å². The van der Waals surface area contributed by atoms with E-state index >= 15 is 0 Å². The molecule has 0 radical (unpaired) electrons. The van der Waals surface area contributed by atoms with Gasteiger partial charge >= 0.3 is 5.97 Å². The van der Waals surface area contributed by atoms with E-state index in [9.17, 15) is 4.79 Å². The van der Waals surface area contributed by atoms with Crippen LogP contribution in [0.4, 0.5) is 0 Å². The van der Waals surface area contributed by atoms with Crippen molar-refractivity contribution in [1.29, 1.82) is 0 Å². The topological polar surface area (TPSA) is 96.4 Å². The molecule has 0 bridgehead atoms. The second-order valence-electron chi connectivity index (χ2n) is 6.84. The molecule has 1 N–H and O–H groups in total. The highest BCUT2D eigenvalue weighted by Crippen LogP contribution is 2.36. The minimum Gasteiger partial charge on any atom is -0.449 e. The number of nitrogens with zero attached hydrogens (tertiary/aromatic N) is 5. The Hall–Kier alpha value is -2.71. The fraction of sp³-hybridized carbons (Fsp3) is 0.316. The first-order valence-electron chi connectivity index (χ1n) is 8.99. The molecule has 0 fully saturated rings. The van der Waals surface area contributed by atoms with E-state index in [-0.39, 0.29) is 17.8 Å². The normalized spacial score (nSPS) is 21.4. The number of fused-ring (bicyclic) bond motifs is 1. The van der Waals surface area contributed by atoms with Gasteiger partial charge in [-0.2, -0.15) is 10.3 Å². The number of hydrogen-bond acceptors (Lipinski definition) is 7. The van der Waals surface area contributed by atoms with Crippen molar-refractivity contribution in [1.82, 2.24) is 25.6 Å². The minimum absolute atomic E-state index is 0.0766. The average Bonchev–Trinajstić information content (AvgIpc) is 3.31. The summed E-state index contributed by atoms with van der Waals surface area (Å²) >= 11 is 12.7. The molecule has 4 rings (SSSR count). The lowest BCUT2D eigenvalue weighted by Crippen LogP contribution is -2.33. The van der Waals surface area contributed by atoms with Crippen LogP contribution in [0.1, 0.15) is 31.3 Å². The zero-order chi connectivity index (χ0) is 20.5. The molecule has 10 heteroatoms. The van der Waals surface area contributed by atoms with Crippen LogP contribution >= 0.6 is 23.2 Å². The molecule has 1 aliphatic carbocycles. The molecule has 1 aromatic carbocycles. The number of carbonyl (C=O) groups excluding carboxylic acids is 1. The molecule has 0 saturated carbocycles. The predicted molar refractivity (Wildman–Crippen MR) is 108 cm³/mol. The maximum atomic E-state index is 11.6. The number of benzene rings is 1. The van der Waals surface area contributed by atoms with Gasteiger partial charge in [0, 0.05) is 34.2 Å². The van der Waals surface area contributed by atoms with Crippen molar-refractivity contribution in [3.63, 3.8) is 0 Å². The number of carbonyl (C=O) groups is 1. The number of tetrazole rings is 1. The zero-order valence-electron chi connectivity index (χ0n) is 15.7. The molecule has 0 spiro atoms. The molecular weight excluding hydrogens is 415 g/mol. The van der Waals surface area contributed by atoms with Crippen LogP contribution < -0.4 is 0 Å². The Bertz CT molecular complexity index is 997. The Morgan fingerprint density at radius 3 is 2.76 bits per heavy atom. The van der Waals surface area contributed by atoms with Crippen LogP contribution in [0.25, 0.3) is 0 Å². The summed E-state index contributed by atoms with van der Waals surface area (Å²) in [5, 5.41) is 21.8. The Balaban J connectivity index is 1.65. The summed E-state index contributed by atoms with van der Waals surface area (Å²) in [6, 6.07) is 5.35. The number of esters is 1. The van der Waals surface area contributed by atoms with E-state index in [0.717, 1.165) is 16.8 Å². The highest BCUT2D eigenvalue weighted by Gasteiger charge is 2.37. The SMILES string of the molecule is CC(=O)OC(C1=CC2C(C=C1)C(C)=NN2Cc1c(Cl)cccc1Cl)c1nn[nH]n1. The monoisotopic (exact) mass is 432 g/mol. The van der Waals surface area contributed by atoms with Crippen LogP contribution in [-0.4, -0.2) is 43.4 Å². The van der Waals surface area contributed by atoms with Crippen LogP contribution in [0.5, 0.6) is 0 Å². The first kappa shape index (κ1) is 19.6. The first-order chi connectivity index (χ1) is 13.9. The van der Waals surface area contributed by atoms with Gasteiger partial charge in [-0.25, -0.2) is 0 Å². The van der Waals surface area contributed by atoms with E-state index in [0.29, 0.717) is 16.6 Å². The minimum atomic E-state index is -0.755. The third-order valence-corrected chi connectivity index (χ3v) is 5.61. The molecule has 2 aliphatic rings. The van der Waals surface area contributed by atoms with Gasteiger partial charge in [0.2, 0.25) is 5.82 Å². The summed E-state index contributed by atoms with van der Waals surface area (Å²) in [5.74, 6) is -0.0519. The van der Waals surface area contributed by atoms with Gasteiger partial charge in [-0.15, -0.1) is 10.2 Å². The van der Waals surface area contributed by atoms with E-state index in [1.165, 1.54) is 6.92 Å². The maximum Gasteiger partial charge on any atom is 0.303 e. The Morgan fingerprint density at radius 2 is 2.10 bits per heavy atom. The average molecular weight is 433 g/mol. The van der Waals surface area contributed by atoms with Gasteiger partial charge in [-0.1, -0.05) is 52.7 Å². The number of hydrogen-bond donors (Lipinski definition) is 1. The Morgan fingerprint density at radius 1 is 1.34 bits per heavy atom. The largest absolute Gasteiger partial charge is 0.449 e. The van der Waals surface area contributed by atoms with Gasteiger partial charge in [-0.3, -0.25) is 9.80 Å². The molecule has 150 valence electrons. The van der Waals surface area contributed by atoms with Crippen LogP contribution in [-0.2, 0) is 16.1 Å². The van der Waals surface area contributed by atoms with Crippen LogP contribution in [0.3, 0.4) is 0 Å². The molecule has 1 aromatic heterocycles. The van der Waals surface area contributed by atoms with Gasteiger partial charge in [0.25, 0.3) is 0 Å². The zero-order valence-corrected chi connectivity index (χ0v) is 17.2. The lowest BCUT2D eigenvalue weighted by atomic mass is 9.87. The highest BCUT2D eigenvalue weighted by molar-refractivity contribution is 6.35. The lowest BCUT2D eigenvalue weighted by Gasteiger charge is -2.29. The molecule has 0 amide bonds.